The Morgan fingerprint density at radius 1 is 1.53 bits per heavy atom. The molecular formula is C12H17BrN2O2. The van der Waals surface area contributed by atoms with Crippen LogP contribution in [0.15, 0.2) is 21.4 Å². The number of rotatable bonds is 3. The number of carbonyl (C=O) groups is 1. The number of halogens is 1. The van der Waals surface area contributed by atoms with E-state index in [1.165, 1.54) is 12.7 Å². The highest BCUT2D eigenvalue weighted by Gasteiger charge is 2.26. The van der Waals surface area contributed by atoms with Gasteiger partial charge in [-0.2, -0.15) is 0 Å². The maximum absolute atomic E-state index is 12.0. The van der Waals surface area contributed by atoms with Crippen molar-refractivity contribution >= 4 is 21.8 Å². The first-order valence-electron chi connectivity index (χ1n) is 5.96. The molecule has 1 aliphatic rings. The van der Waals surface area contributed by atoms with Crippen molar-refractivity contribution < 1.29 is 9.21 Å². The lowest BCUT2D eigenvalue weighted by atomic mass is 9.84. The monoisotopic (exact) mass is 300 g/mol. The zero-order chi connectivity index (χ0) is 12.3. The number of carbonyl (C=O) groups excluding carboxylic acids is 1. The van der Waals surface area contributed by atoms with E-state index in [-0.39, 0.29) is 11.9 Å². The maximum Gasteiger partial charge on any atom is 0.255 e. The van der Waals surface area contributed by atoms with Crippen LogP contribution < -0.4 is 11.1 Å². The second-order valence-electron chi connectivity index (χ2n) is 4.47. The summed E-state index contributed by atoms with van der Waals surface area (Å²) in [5.41, 5.74) is 6.29. The van der Waals surface area contributed by atoms with Gasteiger partial charge < -0.3 is 15.5 Å². The van der Waals surface area contributed by atoms with Crippen LogP contribution in [0.5, 0.6) is 0 Å². The van der Waals surface area contributed by atoms with Crippen LogP contribution >= 0.6 is 15.9 Å². The van der Waals surface area contributed by atoms with Gasteiger partial charge in [0.05, 0.1) is 11.8 Å². The first-order valence-corrected chi connectivity index (χ1v) is 6.75. The zero-order valence-corrected chi connectivity index (χ0v) is 11.2. The number of amides is 1. The number of hydrogen-bond donors (Lipinski definition) is 2. The molecule has 0 bridgehead atoms. The molecular weight excluding hydrogens is 284 g/mol. The van der Waals surface area contributed by atoms with Gasteiger partial charge in [0.2, 0.25) is 0 Å². The molecule has 2 rings (SSSR count). The summed E-state index contributed by atoms with van der Waals surface area (Å²) >= 11 is 3.21. The molecule has 0 radical (unpaired) electrons. The molecule has 3 N–H and O–H groups in total. The van der Waals surface area contributed by atoms with Crippen molar-refractivity contribution in [1.29, 1.82) is 0 Å². The summed E-state index contributed by atoms with van der Waals surface area (Å²) in [5, 5.41) is 3.05. The SMILES string of the molecule is NCC1CCCCC1NC(=O)c1ccoc1Br. The summed E-state index contributed by atoms with van der Waals surface area (Å²) in [7, 11) is 0. The molecule has 0 aromatic carbocycles. The van der Waals surface area contributed by atoms with Gasteiger partial charge in [-0.15, -0.1) is 0 Å². The summed E-state index contributed by atoms with van der Waals surface area (Å²) < 4.78 is 5.54. The lowest BCUT2D eigenvalue weighted by Gasteiger charge is -2.31. The fraction of sp³-hybridized carbons (Fsp3) is 0.583. The molecule has 1 amide bonds. The van der Waals surface area contributed by atoms with Gasteiger partial charge in [-0.05, 0) is 47.3 Å². The van der Waals surface area contributed by atoms with E-state index in [0.29, 0.717) is 22.7 Å². The highest BCUT2D eigenvalue weighted by atomic mass is 79.9. The normalized spacial score (nSPS) is 24.6. The minimum atomic E-state index is -0.0871. The highest BCUT2D eigenvalue weighted by Crippen LogP contribution is 2.24. The van der Waals surface area contributed by atoms with Gasteiger partial charge in [-0.25, -0.2) is 0 Å². The van der Waals surface area contributed by atoms with E-state index in [2.05, 4.69) is 21.2 Å². The van der Waals surface area contributed by atoms with Crippen LogP contribution in [-0.4, -0.2) is 18.5 Å². The molecule has 1 aromatic heterocycles. The predicted molar refractivity (Wildman–Crippen MR) is 68.7 cm³/mol. The van der Waals surface area contributed by atoms with Gasteiger partial charge in [-0.3, -0.25) is 4.79 Å². The maximum atomic E-state index is 12.0. The van der Waals surface area contributed by atoms with Gasteiger partial charge in [0, 0.05) is 6.04 Å². The summed E-state index contributed by atoms with van der Waals surface area (Å²) in [5.74, 6) is 0.314. The summed E-state index contributed by atoms with van der Waals surface area (Å²) in [6, 6.07) is 1.86. The zero-order valence-electron chi connectivity index (χ0n) is 9.62. The standard InChI is InChI=1S/C12H17BrN2O2/c13-11-9(5-6-17-11)12(16)15-10-4-2-1-3-8(10)7-14/h5-6,8,10H,1-4,7,14H2,(H,15,16). The second-order valence-corrected chi connectivity index (χ2v) is 5.19. The molecule has 1 aromatic rings. The first-order chi connectivity index (χ1) is 8.22. The van der Waals surface area contributed by atoms with Crippen molar-refractivity contribution in [2.75, 3.05) is 6.54 Å². The Hall–Kier alpha value is -0.810. The van der Waals surface area contributed by atoms with Crippen molar-refractivity contribution in [3.63, 3.8) is 0 Å². The number of nitrogens with two attached hydrogens (primary N) is 1. The van der Waals surface area contributed by atoms with Crippen LogP contribution in [0.4, 0.5) is 0 Å². The molecule has 0 saturated heterocycles. The number of furan rings is 1. The van der Waals surface area contributed by atoms with Gasteiger partial charge in [0.1, 0.15) is 0 Å². The molecule has 2 atom stereocenters. The number of hydrogen-bond acceptors (Lipinski definition) is 3. The van der Waals surface area contributed by atoms with Crippen molar-refractivity contribution in [2.24, 2.45) is 11.7 Å². The predicted octanol–water partition coefficient (Wildman–Crippen LogP) is 2.29. The topological polar surface area (TPSA) is 68.3 Å². The van der Waals surface area contributed by atoms with Crippen LogP contribution in [-0.2, 0) is 0 Å². The van der Waals surface area contributed by atoms with Crippen LogP contribution in [0.25, 0.3) is 0 Å². The van der Waals surface area contributed by atoms with Gasteiger partial charge in [0.15, 0.2) is 4.67 Å². The van der Waals surface area contributed by atoms with Crippen LogP contribution in [0.2, 0.25) is 0 Å². The molecule has 5 heteroatoms. The molecule has 1 heterocycles. The summed E-state index contributed by atoms with van der Waals surface area (Å²) in [6.45, 7) is 0.636. The van der Waals surface area contributed by atoms with Crippen LogP contribution in [0, 0.1) is 5.92 Å². The van der Waals surface area contributed by atoms with Gasteiger partial charge >= 0.3 is 0 Å². The molecule has 1 aliphatic carbocycles. The molecule has 4 nitrogen and oxygen atoms in total. The summed E-state index contributed by atoms with van der Waals surface area (Å²) in [6.07, 6.45) is 6.00. The van der Waals surface area contributed by atoms with Crippen molar-refractivity contribution in [3.8, 4) is 0 Å². The van der Waals surface area contributed by atoms with E-state index in [1.54, 1.807) is 6.07 Å². The van der Waals surface area contributed by atoms with Crippen molar-refractivity contribution in [2.45, 2.75) is 31.7 Å². The highest BCUT2D eigenvalue weighted by molar-refractivity contribution is 9.10. The minimum Gasteiger partial charge on any atom is -0.457 e. The van der Waals surface area contributed by atoms with Gasteiger partial charge in [0.25, 0.3) is 5.91 Å². The van der Waals surface area contributed by atoms with Crippen LogP contribution in [0.1, 0.15) is 36.0 Å². The van der Waals surface area contributed by atoms with E-state index in [1.807, 2.05) is 0 Å². The fourth-order valence-corrected chi connectivity index (χ4v) is 2.80. The Balaban J connectivity index is 2.00. The Morgan fingerprint density at radius 2 is 2.29 bits per heavy atom. The fourth-order valence-electron chi connectivity index (χ4n) is 2.38. The van der Waals surface area contributed by atoms with E-state index >= 15 is 0 Å². The molecule has 0 spiro atoms. The minimum absolute atomic E-state index is 0.0871. The largest absolute Gasteiger partial charge is 0.457 e. The smallest absolute Gasteiger partial charge is 0.255 e. The van der Waals surface area contributed by atoms with E-state index in [9.17, 15) is 4.79 Å². The Labute approximate surface area is 109 Å². The molecule has 17 heavy (non-hydrogen) atoms. The third-order valence-corrected chi connectivity index (χ3v) is 4.00. The number of nitrogens with one attached hydrogen (secondary N) is 1. The molecule has 2 unspecified atom stereocenters. The van der Waals surface area contributed by atoms with Gasteiger partial charge in [-0.1, -0.05) is 12.8 Å². The van der Waals surface area contributed by atoms with E-state index in [4.69, 9.17) is 10.2 Å². The Morgan fingerprint density at radius 3 is 2.94 bits per heavy atom. The molecule has 1 fully saturated rings. The third-order valence-electron chi connectivity index (χ3n) is 3.39. The van der Waals surface area contributed by atoms with E-state index < -0.39 is 0 Å². The van der Waals surface area contributed by atoms with Crippen LogP contribution in [0.3, 0.4) is 0 Å². The Kier molecular flexibility index (Phi) is 4.23. The second kappa shape index (κ2) is 5.69. The lowest BCUT2D eigenvalue weighted by molar-refractivity contribution is 0.0906. The van der Waals surface area contributed by atoms with Crippen molar-refractivity contribution in [1.82, 2.24) is 5.32 Å². The van der Waals surface area contributed by atoms with E-state index in [0.717, 1.165) is 19.3 Å². The molecule has 1 saturated carbocycles. The summed E-state index contributed by atoms with van der Waals surface area (Å²) in [4.78, 5) is 12.0. The third kappa shape index (κ3) is 2.90. The average molecular weight is 301 g/mol. The molecule has 94 valence electrons. The van der Waals surface area contributed by atoms with Crippen molar-refractivity contribution in [3.05, 3.63) is 22.6 Å². The first kappa shape index (κ1) is 12.6. The quantitative estimate of drug-likeness (QED) is 0.900. The average Bonchev–Trinajstić information content (AvgIpc) is 2.76. The lowest BCUT2D eigenvalue weighted by Crippen LogP contribution is -2.44. The Bertz CT molecular complexity index is 392. The molecule has 0 aliphatic heterocycles.